The first-order valence-corrected chi connectivity index (χ1v) is 11.3. The molecule has 0 bridgehead atoms. The number of hydrogen-bond donors (Lipinski definition) is 0. The lowest BCUT2D eigenvalue weighted by molar-refractivity contribution is -0.190. The van der Waals surface area contributed by atoms with Crippen LogP contribution in [-0.4, -0.2) is 0 Å². The lowest BCUT2D eigenvalue weighted by atomic mass is 9.95. The summed E-state index contributed by atoms with van der Waals surface area (Å²) in [5, 5.41) is 0. The van der Waals surface area contributed by atoms with E-state index < -0.39 is 57.9 Å². The molecule has 1 aliphatic rings. The first-order valence-electron chi connectivity index (χ1n) is 11.3. The summed E-state index contributed by atoms with van der Waals surface area (Å²) < 4.78 is 123. The molecule has 0 N–H and O–H groups in total. The van der Waals surface area contributed by atoms with Crippen LogP contribution in [0.3, 0.4) is 0 Å². The Kier molecular flexibility index (Phi) is 7.47. The predicted molar refractivity (Wildman–Crippen MR) is 119 cm³/mol. The van der Waals surface area contributed by atoms with Crippen LogP contribution >= 0.6 is 0 Å². The van der Waals surface area contributed by atoms with Crippen molar-refractivity contribution < 1.29 is 44.6 Å². The highest BCUT2D eigenvalue weighted by Gasteiger charge is 2.43. The Hall–Kier alpha value is -3.56. The van der Waals surface area contributed by atoms with Crippen LogP contribution in [0.25, 0.3) is 11.1 Å². The molecule has 37 heavy (non-hydrogen) atoms. The summed E-state index contributed by atoms with van der Waals surface area (Å²) in [5.41, 5.74) is -0.794. The molecule has 0 saturated carbocycles. The van der Waals surface area contributed by atoms with Gasteiger partial charge >= 0.3 is 6.11 Å². The Labute approximate surface area is 207 Å². The molecule has 1 unspecified atom stereocenters. The molecule has 1 atom stereocenters. The zero-order chi connectivity index (χ0) is 26.9. The maximum atomic E-state index is 14.8. The Morgan fingerprint density at radius 2 is 1.51 bits per heavy atom. The Bertz CT molecular complexity index is 1310. The van der Waals surface area contributed by atoms with Crippen molar-refractivity contribution in [2.45, 2.75) is 44.8 Å². The molecule has 2 nitrogen and oxygen atoms in total. The molecule has 4 rings (SSSR count). The fraction of sp³-hybridized carbons (Fsp3) is 0.259. The summed E-state index contributed by atoms with van der Waals surface area (Å²) in [5.74, 6) is -12.9. The van der Waals surface area contributed by atoms with Gasteiger partial charge in [0.05, 0.1) is 6.26 Å². The quantitative estimate of drug-likeness (QED) is 0.173. The molecule has 3 aromatic carbocycles. The molecule has 0 radical (unpaired) electrons. The monoisotopic (exact) mass is 528 g/mol. The van der Waals surface area contributed by atoms with Gasteiger partial charge in [0.1, 0.15) is 23.2 Å². The lowest BCUT2D eigenvalue weighted by Gasteiger charge is -2.23. The van der Waals surface area contributed by atoms with Crippen LogP contribution in [-0.2, 0) is 10.8 Å². The maximum absolute atomic E-state index is 14.8. The van der Waals surface area contributed by atoms with E-state index in [0.717, 1.165) is 24.8 Å². The number of allylic oxidation sites excluding steroid dienone is 1. The van der Waals surface area contributed by atoms with Crippen LogP contribution < -0.4 is 4.74 Å². The van der Waals surface area contributed by atoms with E-state index in [-0.39, 0.29) is 23.8 Å². The van der Waals surface area contributed by atoms with Gasteiger partial charge in [0.25, 0.3) is 0 Å². The van der Waals surface area contributed by atoms with Crippen LogP contribution in [0.2, 0.25) is 0 Å². The molecule has 1 aliphatic heterocycles. The zero-order valence-electron chi connectivity index (χ0n) is 19.4. The zero-order valence-corrected chi connectivity index (χ0v) is 19.4. The Balaban J connectivity index is 1.60. The highest BCUT2D eigenvalue weighted by Crippen LogP contribution is 2.40. The van der Waals surface area contributed by atoms with Gasteiger partial charge in [-0.2, -0.15) is 8.78 Å². The standard InChI is InChI=1S/C27H20F8O2/c1-2-3-14-4-9-22(36-13-14)16-7-5-15(6-8-16)18-12-19(28)23(26(33)24(18)31)27(34,35)37-17-10-20(29)25(32)21(30)11-17/h5-8,10-13,22H,2-4,9H2,1H3. The van der Waals surface area contributed by atoms with Crippen LogP contribution in [0.1, 0.15) is 49.8 Å². The number of alkyl halides is 2. The third-order valence-corrected chi connectivity index (χ3v) is 5.94. The highest BCUT2D eigenvalue weighted by atomic mass is 19.3. The van der Waals surface area contributed by atoms with Crippen molar-refractivity contribution in [3.8, 4) is 16.9 Å². The second-order valence-corrected chi connectivity index (χ2v) is 8.54. The highest BCUT2D eigenvalue weighted by molar-refractivity contribution is 5.65. The minimum atomic E-state index is -4.89. The summed E-state index contributed by atoms with van der Waals surface area (Å²) in [6.07, 6.45) is 0.0526. The van der Waals surface area contributed by atoms with E-state index >= 15 is 0 Å². The third-order valence-electron chi connectivity index (χ3n) is 5.94. The number of halogens is 8. The van der Waals surface area contributed by atoms with Gasteiger partial charge in [-0.05, 0) is 42.0 Å². The SMILES string of the molecule is CCCC1=COC(c2ccc(-c3cc(F)c(C(F)(F)Oc4cc(F)c(F)c(F)c4)c(F)c3F)cc2)CC1. The molecule has 0 aromatic heterocycles. The van der Waals surface area contributed by atoms with E-state index in [1.54, 1.807) is 18.4 Å². The number of rotatable bonds is 7. The molecule has 0 amide bonds. The average Bonchev–Trinajstić information content (AvgIpc) is 2.85. The van der Waals surface area contributed by atoms with Crippen LogP contribution in [0, 0.1) is 34.9 Å². The molecule has 196 valence electrons. The minimum Gasteiger partial charge on any atom is -0.493 e. The average molecular weight is 528 g/mol. The summed E-state index contributed by atoms with van der Waals surface area (Å²) >= 11 is 0. The minimum absolute atomic E-state index is 0.00975. The molecule has 0 spiro atoms. The van der Waals surface area contributed by atoms with Crippen molar-refractivity contribution in [1.82, 2.24) is 0 Å². The van der Waals surface area contributed by atoms with E-state index in [1.165, 1.54) is 17.7 Å². The molecular weight excluding hydrogens is 508 g/mol. The summed E-state index contributed by atoms with van der Waals surface area (Å²) in [6.45, 7) is 2.06. The van der Waals surface area contributed by atoms with Crippen molar-refractivity contribution >= 4 is 0 Å². The van der Waals surface area contributed by atoms with E-state index in [2.05, 4.69) is 11.7 Å². The van der Waals surface area contributed by atoms with Crippen molar-refractivity contribution in [2.24, 2.45) is 0 Å². The van der Waals surface area contributed by atoms with Crippen LogP contribution in [0.5, 0.6) is 5.75 Å². The molecule has 3 aromatic rings. The lowest BCUT2D eigenvalue weighted by Crippen LogP contribution is -2.26. The summed E-state index contributed by atoms with van der Waals surface area (Å²) in [7, 11) is 0. The topological polar surface area (TPSA) is 18.5 Å². The van der Waals surface area contributed by atoms with Crippen LogP contribution in [0.15, 0.2) is 54.3 Å². The number of benzene rings is 3. The van der Waals surface area contributed by atoms with Gasteiger partial charge in [0, 0.05) is 17.7 Å². The number of hydrogen-bond acceptors (Lipinski definition) is 2. The smallest absolute Gasteiger partial charge is 0.432 e. The largest absolute Gasteiger partial charge is 0.493 e. The molecule has 0 saturated heterocycles. The first kappa shape index (κ1) is 26.5. The van der Waals surface area contributed by atoms with Gasteiger partial charge in [-0.3, -0.25) is 0 Å². The Morgan fingerprint density at radius 1 is 0.865 bits per heavy atom. The van der Waals surface area contributed by atoms with Gasteiger partial charge in [-0.25, -0.2) is 26.3 Å². The molecule has 1 heterocycles. The van der Waals surface area contributed by atoms with E-state index in [4.69, 9.17) is 4.74 Å². The summed E-state index contributed by atoms with van der Waals surface area (Å²) in [4.78, 5) is 0. The fourth-order valence-electron chi connectivity index (χ4n) is 4.11. The van der Waals surface area contributed by atoms with E-state index in [9.17, 15) is 35.1 Å². The van der Waals surface area contributed by atoms with E-state index in [1.807, 2.05) is 0 Å². The second-order valence-electron chi connectivity index (χ2n) is 8.54. The maximum Gasteiger partial charge on any atom is 0.432 e. The summed E-state index contributed by atoms with van der Waals surface area (Å²) in [6, 6.07) is 6.39. The van der Waals surface area contributed by atoms with E-state index in [0.29, 0.717) is 12.5 Å². The van der Waals surface area contributed by atoms with Crippen molar-refractivity contribution in [2.75, 3.05) is 0 Å². The fourth-order valence-corrected chi connectivity index (χ4v) is 4.11. The van der Waals surface area contributed by atoms with Crippen LogP contribution in [0.4, 0.5) is 35.1 Å². The third kappa shape index (κ3) is 5.42. The first-order chi connectivity index (χ1) is 17.5. The molecular formula is C27H20F8O2. The van der Waals surface area contributed by atoms with Crippen molar-refractivity contribution in [3.05, 3.63) is 100 Å². The molecule has 0 aliphatic carbocycles. The van der Waals surface area contributed by atoms with Gasteiger partial charge in [0.2, 0.25) is 0 Å². The normalized spacial score (nSPS) is 15.8. The van der Waals surface area contributed by atoms with Gasteiger partial charge in [-0.15, -0.1) is 0 Å². The van der Waals surface area contributed by atoms with Gasteiger partial charge in [-0.1, -0.05) is 37.6 Å². The van der Waals surface area contributed by atoms with Crippen molar-refractivity contribution in [1.29, 1.82) is 0 Å². The van der Waals surface area contributed by atoms with Crippen molar-refractivity contribution in [3.63, 3.8) is 0 Å². The number of ether oxygens (including phenoxy) is 2. The Morgan fingerprint density at radius 3 is 2.08 bits per heavy atom. The van der Waals surface area contributed by atoms with Gasteiger partial charge < -0.3 is 9.47 Å². The predicted octanol–water partition coefficient (Wildman–Crippen LogP) is 8.85. The van der Waals surface area contributed by atoms with Gasteiger partial charge in [0.15, 0.2) is 29.1 Å². The second kappa shape index (κ2) is 10.4. The molecule has 10 heteroatoms. The molecule has 0 fully saturated rings.